The first-order valence-electron chi connectivity index (χ1n) is 6.82. The summed E-state index contributed by atoms with van der Waals surface area (Å²) in [5.74, 6) is 6.02. The van der Waals surface area contributed by atoms with Crippen molar-refractivity contribution in [3.63, 3.8) is 0 Å². The Labute approximate surface area is 112 Å². The minimum absolute atomic E-state index is 0.105. The van der Waals surface area contributed by atoms with E-state index in [1.54, 1.807) is 6.92 Å². The molecule has 2 aliphatic rings. The largest absolute Gasteiger partial charge is 0.306 e. The fourth-order valence-corrected chi connectivity index (χ4v) is 3.48. The molecule has 19 heavy (non-hydrogen) atoms. The molecular formula is C13H20FN5. The number of nitrogens with zero attached hydrogens (tertiary/aromatic N) is 3. The summed E-state index contributed by atoms with van der Waals surface area (Å²) in [4.78, 5) is 11.0. The molecule has 0 aliphatic carbocycles. The molecule has 2 saturated heterocycles. The normalized spacial score (nSPS) is 30.6. The van der Waals surface area contributed by atoms with Crippen molar-refractivity contribution in [1.82, 2.24) is 14.9 Å². The summed E-state index contributed by atoms with van der Waals surface area (Å²) < 4.78 is 13.7. The minimum atomic E-state index is -0.456. The van der Waals surface area contributed by atoms with Crippen LogP contribution in [0.5, 0.6) is 0 Å². The Kier molecular flexibility index (Phi) is 3.14. The smallest absolute Gasteiger partial charge is 0.187 e. The second kappa shape index (κ2) is 4.68. The summed E-state index contributed by atoms with van der Waals surface area (Å²) in [6.07, 6.45) is 4.61. The van der Waals surface area contributed by atoms with Crippen molar-refractivity contribution in [2.75, 3.05) is 12.5 Å². The SMILES string of the molecule is Cc1nc(C2CC3CCC(C2)N3C)nc(NN)c1F. The third-order valence-electron chi connectivity index (χ3n) is 4.63. The number of nitrogen functional groups attached to an aromatic ring is 1. The number of aromatic nitrogens is 2. The van der Waals surface area contributed by atoms with Gasteiger partial charge in [0.15, 0.2) is 11.6 Å². The summed E-state index contributed by atoms with van der Waals surface area (Å²) in [7, 11) is 2.20. The molecule has 0 amide bonds. The van der Waals surface area contributed by atoms with Crippen molar-refractivity contribution in [1.29, 1.82) is 0 Å². The lowest BCUT2D eigenvalue weighted by atomic mass is 9.90. The van der Waals surface area contributed by atoms with Crippen LogP contribution in [-0.4, -0.2) is 34.0 Å². The lowest BCUT2D eigenvalue weighted by Gasteiger charge is -2.35. The van der Waals surface area contributed by atoms with Crippen molar-refractivity contribution in [3.05, 3.63) is 17.3 Å². The van der Waals surface area contributed by atoms with Gasteiger partial charge in [0.2, 0.25) is 0 Å². The Morgan fingerprint density at radius 3 is 2.47 bits per heavy atom. The lowest BCUT2D eigenvalue weighted by molar-refractivity contribution is 0.158. The topological polar surface area (TPSA) is 67.1 Å². The molecule has 0 saturated carbocycles. The van der Waals surface area contributed by atoms with Gasteiger partial charge >= 0.3 is 0 Å². The van der Waals surface area contributed by atoms with Gasteiger partial charge in [-0.1, -0.05) is 0 Å². The van der Waals surface area contributed by atoms with E-state index in [1.807, 2.05) is 0 Å². The number of rotatable bonds is 2. The van der Waals surface area contributed by atoms with Gasteiger partial charge in [-0.3, -0.25) is 0 Å². The van der Waals surface area contributed by atoms with E-state index in [2.05, 4.69) is 27.3 Å². The van der Waals surface area contributed by atoms with Crippen LogP contribution in [0, 0.1) is 12.7 Å². The highest BCUT2D eigenvalue weighted by molar-refractivity contribution is 5.37. The first-order valence-corrected chi connectivity index (χ1v) is 6.82. The van der Waals surface area contributed by atoms with Crippen LogP contribution in [0.1, 0.15) is 43.1 Å². The fraction of sp³-hybridized carbons (Fsp3) is 0.692. The number of nitrogens with one attached hydrogen (secondary N) is 1. The van der Waals surface area contributed by atoms with Crippen LogP contribution >= 0.6 is 0 Å². The summed E-state index contributed by atoms with van der Waals surface area (Å²) in [6, 6.07) is 1.24. The molecular weight excluding hydrogens is 245 g/mol. The molecule has 0 spiro atoms. The van der Waals surface area contributed by atoms with E-state index in [4.69, 9.17) is 5.84 Å². The maximum absolute atomic E-state index is 13.7. The Morgan fingerprint density at radius 2 is 1.89 bits per heavy atom. The van der Waals surface area contributed by atoms with Gasteiger partial charge in [-0.25, -0.2) is 20.2 Å². The third-order valence-corrected chi connectivity index (χ3v) is 4.63. The Balaban J connectivity index is 1.89. The van der Waals surface area contributed by atoms with Crippen molar-refractivity contribution in [3.8, 4) is 0 Å². The van der Waals surface area contributed by atoms with Crippen LogP contribution in [0.2, 0.25) is 0 Å². The van der Waals surface area contributed by atoms with Crippen LogP contribution in [0.15, 0.2) is 0 Å². The molecule has 3 rings (SSSR count). The van der Waals surface area contributed by atoms with E-state index in [1.165, 1.54) is 12.8 Å². The third kappa shape index (κ3) is 2.08. The van der Waals surface area contributed by atoms with Gasteiger partial charge in [0, 0.05) is 18.0 Å². The van der Waals surface area contributed by atoms with Crippen LogP contribution < -0.4 is 11.3 Å². The van der Waals surface area contributed by atoms with Crippen molar-refractivity contribution in [2.45, 2.75) is 50.6 Å². The van der Waals surface area contributed by atoms with Gasteiger partial charge < -0.3 is 10.3 Å². The zero-order chi connectivity index (χ0) is 13.6. The highest BCUT2D eigenvalue weighted by atomic mass is 19.1. The lowest BCUT2D eigenvalue weighted by Crippen LogP contribution is -2.39. The number of hydrogen-bond acceptors (Lipinski definition) is 5. The molecule has 2 bridgehead atoms. The highest BCUT2D eigenvalue weighted by Crippen LogP contribution is 2.41. The van der Waals surface area contributed by atoms with Crippen LogP contribution in [0.25, 0.3) is 0 Å². The summed E-state index contributed by atoms with van der Waals surface area (Å²) in [5.41, 5.74) is 2.69. The molecule has 3 N–H and O–H groups in total. The standard InChI is InChI=1S/C13H20FN5/c1-7-11(14)13(18-15)17-12(16-7)8-5-9-3-4-10(6-8)19(9)2/h8-10H,3-6,15H2,1-2H3,(H,16,17,18). The van der Waals surface area contributed by atoms with Gasteiger partial charge in [0.25, 0.3) is 0 Å². The predicted molar refractivity (Wildman–Crippen MR) is 71.1 cm³/mol. The van der Waals surface area contributed by atoms with Crippen LogP contribution in [-0.2, 0) is 0 Å². The molecule has 0 radical (unpaired) electrons. The van der Waals surface area contributed by atoms with E-state index in [9.17, 15) is 4.39 Å². The van der Waals surface area contributed by atoms with E-state index >= 15 is 0 Å². The number of fused-ring (bicyclic) bond motifs is 2. The van der Waals surface area contributed by atoms with Gasteiger partial charge in [-0.2, -0.15) is 0 Å². The summed E-state index contributed by atoms with van der Waals surface area (Å²) in [6.45, 7) is 1.66. The second-order valence-corrected chi connectivity index (χ2v) is 5.69. The van der Waals surface area contributed by atoms with E-state index < -0.39 is 5.82 Å². The first-order chi connectivity index (χ1) is 9.10. The first kappa shape index (κ1) is 12.7. The number of anilines is 1. The average molecular weight is 265 g/mol. The molecule has 2 aliphatic heterocycles. The van der Waals surface area contributed by atoms with Crippen LogP contribution in [0.4, 0.5) is 10.2 Å². The predicted octanol–water partition coefficient (Wildman–Crippen LogP) is 1.55. The van der Waals surface area contributed by atoms with Crippen molar-refractivity contribution < 1.29 is 4.39 Å². The molecule has 2 unspecified atom stereocenters. The number of nitrogens with two attached hydrogens (primary N) is 1. The molecule has 0 aromatic carbocycles. The summed E-state index contributed by atoms with van der Waals surface area (Å²) >= 11 is 0. The highest BCUT2D eigenvalue weighted by Gasteiger charge is 2.40. The number of aryl methyl sites for hydroxylation is 1. The molecule has 2 fully saturated rings. The zero-order valence-electron chi connectivity index (χ0n) is 11.4. The Morgan fingerprint density at radius 1 is 1.26 bits per heavy atom. The minimum Gasteiger partial charge on any atom is -0.306 e. The van der Waals surface area contributed by atoms with Crippen molar-refractivity contribution >= 4 is 5.82 Å². The number of hydrogen-bond donors (Lipinski definition) is 2. The maximum atomic E-state index is 13.7. The molecule has 104 valence electrons. The van der Waals surface area contributed by atoms with E-state index in [0.717, 1.165) is 18.7 Å². The van der Waals surface area contributed by atoms with Gasteiger partial charge in [0.05, 0.1) is 5.69 Å². The number of hydrazine groups is 1. The quantitative estimate of drug-likeness (QED) is 0.627. The van der Waals surface area contributed by atoms with Gasteiger partial charge in [0.1, 0.15) is 5.82 Å². The molecule has 2 atom stereocenters. The average Bonchev–Trinajstić information content (AvgIpc) is 2.64. The molecule has 5 nitrogen and oxygen atoms in total. The van der Waals surface area contributed by atoms with Crippen molar-refractivity contribution in [2.24, 2.45) is 5.84 Å². The number of piperidine rings is 1. The summed E-state index contributed by atoms with van der Waals surface area (Å²) in [5, 5.41) is 0. The van der Waals surface area contributed by atoms with E-state index in [0.29, 0.717) is 23.7 Å². The van der Waals surface area contributed by atoms with Gasteiger partial charge in [-0.05, 0) is 39.7 Å². The fourth-order valence-electron chi connectivity index (χ4n) is 3.48. The Bertz CT molecular complexity index is 478. The molecule has 1 aromatic rings. The number of halogens is 1. The van der Waals surface area contributed by atoms with Gasteiger partial charge in [-0.15, -0.1) is 0 Å². The monoisotopic (exact) mass is 265 g/mol. The molecule has 3 heterocycles. The maximum Gasteiger partial charge on any atom is 0.187 e. The zero-order valence-corrected chi connectivity index (χ0v) is 11.4. The van der Waals surface area contributed by atoms with E-state index in [-0.39, 0.29) is 5.82 Å². The molecule has 1 aromatic heterocycles. The Hall–Kier alpha value is -1.27. The molecule has 6 heteroatoms. The van der Waals surface area contributed by atoms with Crippen LogP contribution in [0.3, 0.4) is 0 Å². The second-order valence-electron chi connectivity index (χ2n) is 5.69.